The first-order valence-corrected chi connectivity index (χ1v) is 4.56. The molecule has 6 heteroatoms. The number of hydrogen-bond donors (Lipinski definition) is 2. The highest BCUT2D eigenvalue weighted by molar-refractivity contribution is 7.71. The number of rotatable bonds is 1. The molecule has 0 radical (unpaired) electrons. The molecule has 0 bridgehead atoms. The molecular formula is C8H5ClFN3S. The van der Waals surface area contributed by atoms with E-state index in [0.717, 1.165) is 0 Å². The predicted octanol–water partition coefficient (Wildman–Crippen LogP) is 2.93. The molecule has 0 aliphatic carbocycles. The van der Waals surface area contributed by atoms with Crippen molar-refractivity contribution in [1.29, 1.82) is 0 Å². The molecule has 2 rings (SSSR count). The zero-order valence-electron chi connectivity index (χ0n) is 6.84. The summed E-state index contributed by atoms with van der Waals surface area (Å²) in [5.41, 5.74) is 0.485. The van der Waals surface area contributed by atoms with Gasteiger partial charge in [-0.15, -0.1) is 0 Å². The molecule has 2 aromatic rings. The van der Waals surface area contributed by atoms with Gasteiger partial charge < -0.3 is 0 Å². The normalized spacial score (nSPS) is 10.4. The molecule has 0 saturated heterocycles. The predicted molar refractivity (Wildman–Crippen MR) is 54.2 cm³/mol. The van der Waals surface area contributed by atoms with Crippen LogP contribution in [0.3, 0.4) is 0 Å². The van der Waals surface area contributed by atoms with Gasteiger partial charge in [0, 0.05) is 5.56 Å². The Morgan fingerprint density at radius 3 is 2.79 bits per heavy atom. The first-order chi connectivity index (χ1) is 6.68. The highest BCUT2D eigenvalue weighted by Crippen LogP contribution is 2.26. The van der Waals surface area contributed by atoms with Gasteiger partial charge in [-0.1, -0.05) is 17.7 Å². The average molecular weight is 230 g/mol. The van der Waals surface area contributed by atoms with Gasteiger partial charge in [0.25, 0.3) is 0 Å². The number of aromatic amines is 2. The summed E-state index contributed by atoms with van der Waals surface area (Å²) >= 11 is 10.5. The maximum atomic E-state index is 13.1. The number of hydrogen-bond acceptors (Lipinski definition) is 2. The topological polar surface area (TPSA) is 44.5 Å². The van der Waals surface area contributed by atoms with Crippen LogP contribution >= 0.6 is 23.8 Å². The Labute approximate surface area is 88.9 Å². The van der Waals surface area contributed by atoms with E-state index in [1.54, 1.807) is 12.1 Å². The van der Waals surface area contributed by atoms with Gasteiger partial charge in [-0.2, -0.15) is 4.98 Å². The van der Waals surface area contributed by atoms with E-state index in [-0.39, 0.29) is 5.02 Å². The maximum absolute atomic E-state index is 13.1. The van der Waals surface area contributed by atoms with Gasteiger partial charge in [0.05, 0.1) is 5.02 Å². The summed E-state index contributed by atoms with van der Waals surface area (Å²) in [6.45, 7) is 0. The van der Waals surface area contributed by atoms with Crippen molar-refractivity contribution in [2.24, 2.45) is 0 Å². The molecule has 0 saturated carbocycles. The third-order valence-electron chi connectivity index (χ3n) is 1.71. The quantitative estimate of drug-likeness (QED) is 0.739. The summed E-state index contributed by atoms with van der Waals surface area (Å²) in [6.07, 6.45) is 0. The monoisotopic (exact) mass is 229 g/mol. The number of halogens is 2. The minimum Gasteiger partial charge on any atom is -0.282 e. The third-order valence-corrected chi connectivity index (χ3v) is 2.29. The van der Waals surface area contributed by atoms with Gasteiger partial charge in [-0.3, -0.25) is 10.2 Å². The van der Waals surface area contributed by atoms with Crippen molar-refractivity contribution in [3.8, 4) is 11.4 Å². The second-order valence-corrected chi connectivity index (χ2v) is 3.38. The Morgan fingerprint density at radius 1 is 1.36 bits per heavy atom. The van der Waals surface area contributed by atoms with Crippen molar-refractivity contribution in [3.05, 3.63) is 33.8 Å². The molecule has 0 amide bonds. The lowest BCUT2D eigenvalue weighted by Crippen LogP contribution is -1.85. The van der Waals surface area contributed by atoms with Crippen LogP contribution in [0.1, 0.15) is 0 Å². The highest BCUT2D eigenvalue weighted by atomic mass is 35.5. The van der Waals surface area contributed by atoms with E-state index in [0.29, 0.717) is 16.2 Å². The van der Waals surface area contributed by atoms with Crippen LogP contribution in [-0.2, 0) is 0 Å². The fraction of sp³-hybridized carbons (Fsp3) is 0. The van der Waals surface area contributed by atoms with E-state index >= 15 is 0 Å². The van der Waals surface area contributed by atoms with Crippen molar-refractivity contribution in [2.75, 3.05) is 0 Å². The molecule has 0 atom stereocenters. The second kappa shape index (κ2) is 3.51. The van der Waals surface area contributed by atoms with Crippen LogP contribution in [0.15, 0.2) is 18.2 Å². The lowest BCUT2D eigenvalue weighted by molar-refractivity contribution is 0.628. The van der Waals surface area contributed by atoms with E-state index in [1.807, 2.05) is 0 Å². The fourth-order valence-electron chi connectivity index (χ4n) is 1.08. The van der Waals surface area contributed by atoms with Crippen LogP contribution in [0.5, 0.6) is 0 Å². The third kappa shape index (κ3) is 1.56. The zero-order valence-corrected chi connectivity index (χ0v) is 8.42. The SMILES string of the molecule is Fc1cccc(-c2nc(=S)[nH][nH]2)c1Cl. The van der Waals surface area contributed by atoms with Crippen molar-refractivity contribution >= 4 is 23.8 Å². The van der Waals surface area contributed by atoms with Crippen molar-refractivity contribution < 1.29 is 4.39 Å². The van der Waals surface area contributed by atoms with Crippen LogP contribution in [0.25, 0.3) is 11.4 Å². The summed E-state index contributed by atoms with van der Waals surface area (Å²) in [5.74, 6) is -0.0500. The first-order valence-electron chi connectivity index (χ1n) is 3.77. The molecule has 0 fully saturated rings. The van der Waals surface area contributed by atoms with Gasteiger partial charge in [0.1, 0.15) is 5.82 Å². The molecule has 1 heterocycles. The Hall–Kier alpha value is -1.20. The molecule has 0 aliphatic rings. The number of H-pyrrole nitrogens is 2. The lowest BCUT2D eigenvalue weighted by atomic mass is 10.2. The second-order valence-electron chi connectivity index (χ2n) is 2.62. The molecule has 3 nitrogen and oxygen atoms in total. The summed E-state index contributed by atoms with van der Waals surface area (Å²) in [7, 11) is 0. The molecule has 0 spiro atoms. The minimum absolute atomic E-state index is 0.0326. The van der Waals surface area contributed by atoms with Crippen LogP contribution in [0.2, 0.25) is 5.02 Å². The van der Waals surface area contributed by atoms with Gasteiger partial charge >= 0.3 is 0 Å². The average Bonchev–Trinajstić information content (AvgIpc) is 2.57. The van der Waals surface area contributed by atoms with E-state index in [9.17, 15) is 4.39 Å². The van der Waals surface area contributed by atoms with E-state index in [4.69, 9.17) is 23.8 Å². The molecule has 0 aliphatic heterocycles. The van der Waals surface area contributed by atoms with E-state index in [2.05, 4.69) is 15.2 Å². The minimum atomic E-state index is -0.480. The van der Waals surface area contributed by atoms with Crippen LogP contribution in [-0.4, -0.2) is 15.2 Å². The fourth-order valence-corrected chi connectivity index (χ4v) is 1.44. The van der Waals surface area contributed by atoms with Gasteiger partial charge in [0.2, 0.25) is 4.77 Å². The molecule has 72 valence electrons. The Bertz CT molecular complexity index is 519. The van der Waals surface area contributed by atoms with Crippen molar-refractivity contribution in [2.45, 2.75) is 0 Å². The number of aromatic nitrogens is 3. The van der Waals surface area contributed by atoms with Gasteiger partial charge in [0.15, 0.2) is 5.82 Å². The maximum Gasteiger partial charge on any atom is 0.213 e. The van der Waals surface area contributed by atoms with Crippen LogP contribution in [0, 0.1) is 10.6 Å². The zero-order chi connectivity index (χ0) is 10.1. The molecule has 1 aromatic heterocycles. The van der Waals surface area contributed by atoms with Gasteiger partial charge in [-0.25, -0.2) is 4.39 Å². The van der Waals surface area contributed by atoms with Crippen LogP contribution in [0.4, 0.5) is 4.39 Å². The standard InChI is InChI=1S/C8H5ClFN3S/c9-6-4(2-1-3-5(6)10)7-11-8(14)13-12-7/h1-3H,(H2,11,12,13,14). The summed E-state index contributed by atoms with van der Waals surface area (Å²) in [6, 6.07) is 4.50. The van der Waals surface area contributed by atoms with E-state index in [1.165, 1.54) is 6.07 Å². The number of benzene rings is 1. The highest BCUT2D eigenvalue weighted by Gasteiger charge is 2.09. The molecular weight excluding hydrogens is 225 g/mol. The molecule has 1 aromatic carbocycles. The Balaban J connectivity index is 2.62. The largest absolute Gasteiger partial charge is 0.282 e. The summed E-state index contributed by atoms with van der Waals surface area (Å²) < 4.78 is 13.4. The summed E-state index contributed by atoms with van der Waals surface area (Å²) in [5, 5.41) is 5.34. The van der Waals surface area contributed by atoms with E-state index < -0.39 is 5.82 Å². The molecule has 14 heavy (non-hydrogen) atoms. The van der Waals surface area contributed by atoms with Crippen molar-refractivity contribution in [3.63, 3.8) is 0 Å². The number of nitrogens with zero attached hydrogens (tertiary/aromatic N) is 1. The van der Waals surface area contributed by atoms with Gasteiger partial charge in [-0.05, 0) is 24.4 Å². The summed E-state index contributed by atoms with van der Waals surface area (Å²) in [4.78, 5) is 3.94. The lowest BCUT2D eigenvalue weighted by Gasteiger charge is -1.99. The first kappa shape index (κ1) is 9.36. The Kier molecular flexibility index (Phi) is 2.35. The van der Waals surface area contributed by atoms with Crippen LogP contribution < -0.4 is 0 Å². The Morgan fingerprint density at radius 2 is 2.14 bits per heavy atom. The molecule has 0 unspecified atom stereocenters. The number of nitrogens with one attached hydrogen (secondary N) is 2. The molecule has 2 N–H and O–H groups in total. The van der Waals surface area contributed by atoms with Crippen molar-refractivity contribution in [1.82, 2.24) is 15.2 Å². The smallest absolute Gasteiger partial charge is 0.213 e.